The maximum atomic E-state index is 9.37. The number of aliphatic hydroxyl groups excluding tert-OH is 1. The summed E-state index contributed by atoms with van der Waals surface area (Å²) in [7, 11) is 0. The zero-order chi connectivity index (χ0) is 8.27. The SMILES string of the molecule is Cc1cc(C(O)CCN)n[nH]1. The Morgan fingerprint density at radius 3 is 3.00 bits per heavy atom. The van der Waals surface area contributed by atoms with Gasteiger partial charge in [-0.25, -0.2) is 0 Å². The molecule has 4 N–H and O–H groups in total. The number of rotatable bonds is 3. The quantitative estimate of drug-likeness (QED) is 0.579. The number of aliphatic hydroxyl groups is 1. The highest BCUT2D eigenvalue weighted by molar-refractivity contribution is 5.09. The van der Waals surface area contributed by atoms with Gasteiger partial charge in [0.1, 0.15) is 0 Å². The van der Waals surface area contributed by atoms with Gasteiger partial charge in [-0.05, 0) is 26.0 Å². The molecule has 1 aromatic rings. The largest absolute Gasteiger partial charge is 0.387 e. The van der Waals surface area contributed by atoms with Crippen molar-refractivity contribution in [2.75, 3.05) is 6.54 Å². The van der Waals surface area contributed by atoms with Gasteiger partial charge in [0.05, 0.1) is 11.8 Å². The van der Waals surface area contributed by atoms with Gasteiger partial charge in [-0.1, -0.05) is 0 Å². The van der Waals surface area contributed by atoms with Gasteiger partial charge in [0.25, 0.3) is 0 Å². The monoisotopic (exact) mass is 155 g/mol. The highest BCUT2D eigenvalue weighted by Crippen LogP contribution is 2.12. The minimum Gasteiger partial charge on any atom is -0.387 e. The van der Waals surface area contributed by atoms with E-state index in [4.69, 9.17) is 5.73 Å². The fourth-order valence-electron chi connectivity index (χ4n) is 0.916. The number of nitrogens with zero attached hydrogens (tertiary/aromatic N) is 1. The number of hydrogen-bond donors (Lipinski definition) is 3. The summed E-state index contributed by atoms with van der Waals surface area (Å²) in [5.74, 6) is 0. The normalized spacial score (nSPS) is 13.4. The molecule has 62 valence electrons. The molecule has 1 heterocycles. The fraction of sp³-hybridized carbons (Fsp3) is 0.571. The van der Waals surface area contributed by atoms with Crippen LogP contribution >= 0.6 is 0 Å². The van der Waals surface area contributed by atoms with Crippen LogP contribution in [-0.4, -0.2) is 21.8 Å². The molecule has 1 rings (SSSR count). The highest BCUT2D eigenvalue weighted by Gasteiger charge is 2.08. The molecular formula is C7H13N3O. The molecule has 0 aliphatic heterocycles. The van der Waals surface area contributed by atoms with Crippen LogP contribution in [0.1, 0.15) is 23.9 Å². The summed E-state index contributed by atoms with van der Waals surface area (Å²) in [5.41, 5.74) is 6.90. The third kappa shape index (κ3) is 2.03. The van der Waals surface area contributed by atoms with Gasteiger partial charge in [-0.15, -0.1) is 0 Å². The summed E-state index contributed by atoms with van der Waals surface area (Å²) in [6.45, 7) is 2.37. The van der Waals surface area contributed by atoms with Crippen molar-refractivity contribution in [3.05, 3.63) is 17.5 Å². The fourth-order valence-corrected chi connectivity index (χ4v) is 0.916. The number of nitrogens with one attached hydrogen (secondary N) is 1. The van der Waals surface area contributed by atoms with Gasteiger partial charge in [0.15, 0.2) is 0 Å². The Morgan fingerprint density at radius 1 is 1.82 bits per heavy atom. The number of H-pyrrole nitrogens is 1. The van der Waals surface area contributed by atoms with E-state index in [1.807, 2.05) is 13.0 Å². The van der Waals surface area contributed by atoms with Crippen molar-refractivity contribution >= 4 is 0 Å². The summed E-state index contributed by atoms with van der Waals surface area (Å²) in [6.07, 6.45) is 0.0366. The van der Waals surface area contributed by atoms with Crippen LogP contribution in [-0.2, 0) is 0 Å². The molecule has 4 heteroatoms. The van der Waals surface area contributed by atoms with Crippen molar-refractivity contribution in [1.82, 2.24) is 10.2 Å². The Balaban J connectivity index is 2.60. The van der Waals surface area contributed by atoms with Crippen molar-refractivity contribution in [2.24, 2.45) is 5.73 Å². The van der Waals surface area contributed by atoms with E-state index in [9.17, 15) is 5.11 Å². The minimum atomic E-state index is -0.523. The molecule has 0 aromatic carbocycles. The Hall–Kier alpha value is -0.870. The third-order valence-corrected chi connectivity index (χ3v) is 1.51. The average Bonchev–Trinajstić information content (AvgIpc) is 2.36. The van der Waals surface area contributed by atoms with Gasteiger partial charge in [-0.3, -0.25) is 5.10 Å². The smallest absolute Gasteiger partial charge is 0.0990 e. The van der Waals surface area contributed by atoms with Crippen molar-refractivity contribution < 1.29 is 5.11 Å². The van der Waals surface area contributed by atoms with Crippen molar-refractivity contribution in [1.29, 1.82) is 0 Å². The van der Waals surface area contributed by atoms with E-state index in [1.165, 1.54) is 0 Å². The maximum absolute atomic E-state index is 9.37. The number of nitrogens with two attached hydrogens (primary N) is 1. The van der Waals surface area contributed by atoms with Crippen LogP contribution in [0.5, 0.6) is 0 Å². The van der Waals surface area contributed by atoms with Crippen LogP contribution < -0.4 is 5.73 Å². The number of aromatic amines is 1. The van der Waals surface area contributed by atoms with Crippen molar-refractivity contribution in [3.63, 3.8) is 0 Å². The summed E-state index contributed by atoms with van der Waals surface area (Å²) in [5, 5.41) is 16.0. The van der Waals surface area contributed by atoms with Gasteiger partial charge in [-0.2, -0.15) is 5.10 Å². The molecule has 0 spiro atoms. The number of aromatic nitrogens is 2. The Morgan fingerprint density at radius 2 is 2.55 bits per heavy atom. The predicted octanol–water partition coefficient (Wildman–Crippen LogP) is 0.100. The lowest BCUT2D eigenvalue weighted by molar-refractivity contribution is 0.165. The molecule has 0 amide bonds. The second-order valence-corrected chi connectivity index (χ2v) is 2.57. The first-order valence-electron chi connectivity index (χ1n) is 3.64. The van der Waals surface area contributed by atoms with Crippen LogP contribution in [0.4, 0.5) is 0 Å². The second-order valence-electron chi connectivity index (χ2n) is 2.57. The molecule has 4 nitrogen and oxygen atoms in total. The lowest BCUT2D eigenvalue weighted by Gasteiger charge is -2.03. The third-order valence-electron chi connectivity index (χ3n) is 1.51. The van der Waals surface area contributed by atoms with Gasteiger partial charge >= 0.3 is 0 Å². The number of aryl methyl sites for hydroxylation is 1. The van der Waals surface area contributed by atoms with E-state index in [0.717, 1.165) is 5.69 Å². The lowest BCUT2D eigenvalue weighted by Crippen LogP contribution is -2.06. The van der Waals surface area contributed by atoms with Crippen LogP contribution in [0.3, 0.4) is 0 Å². The standard InChI is InChI=1S/C7H13N3O/c1-5-4-6(10-9-5)7(11)2-3-8/h4,7,11H,2-3,8H2,1H3,(H,9,10). The summed E-state index contributed by atoms with van der Waals surface area (Å²) < 4.78 is 0. The maximum Gasteiger partial charge on any atom is 0.0990 e. The molecule has 0 aliphatic rings. The Labute approximate surface area is 65.4 Å². The van der Waals surface area contributed by atoms with Gasteiger partial charge in [0.2, 0.25) is 0 Å². The van der Waals surface area contributed by atoms with Crippen LogP contribution in [0.15, 0.2) is 6.07 Å². The molecule has 0 saturated heterocycles. The van der Waals surface area contributed by atoms with E-state index in [-0.39, 0.29) is 0 Å². The van der Waals surface area contributed by atoms with Crippen LogP contribution in [0.25, 0.3) is 0 Å². The molecule has 0 radical (unpaired) electrons. The molecule has 1 atom stereocenters. The summed E-state index contributed by atoms with van der Waals surface area (Å²) in [4.78, 5) is 0. The first-order chi connectivity index (χ1) is 5.24. The van der Waals surface area contributed by atoms with E-state index < -0.39 is 6.10 Å². The second kappa shape index (κ2) is 3.50. The Kier molecular flexibility index (Phi) is 2.62. The zero-order valence-corrected chi connectivity index (χ0v) is 6.54. The Bertz CT molecular complexity index is 221. The van der Waals surface area contributed by atoms with Gasteiger partial charge < -0.3 is 10.8 Å². The highest BCUT2D eigenvalue weighted by atomic mass is 16.3. The van der Waals surface area contributed by atoms with E-state index in [0.29, 0.717) is 18.7 Å². The van der Waals surface area contributed by atoms with Crippen molar-refractivity contribution in [3.8, 4) is 0 Å². The van der Waals surface area contributed by atoms with Crippen molar-refractivity contribution in [2.45, 2.75) is 19.4 Å². The first-order valence-corrected chi connectivity index (χ1v) is 3.64. The molecule has 0 aliphatic carbocycles. The molecule has 0 bridgehead atoms. The lowest BCUT2D eigenvalue weighted by atomic mass is 10.2. The molecule has 11 heavy (non-hydrogen) atoms. The molecule has 0 saturated carbocycles. The zero-order valence-electron chi connectivity index (χ0n) is 6.54. The van der Waals surface area contributed by atoms with E-state index in [2.05, 4.69) is 10.2 Å². The minimum absolute atomic E-state index is 0.479. The average molecular weight is 155 g/mol. The topological polar surface area (TPSA) is 74.9 Å². The molecule has 1 unspecified atom stereocenters. The van der Waals surface area contributed by atoms with E-state index in [1.54, 1.807) is 0 Å². The van der Waals surface area contributed by atoms with Crippen LogP contribution in [0, 0.1) is 6.92 Å². The molecular weight excluding hydrogens is 142 g/mol. The summed E-state index contributed by atoms with van der Waals surface area (Å²) in [6, 6.07) is 1.82. The van der Waals surface area contributed by atoms with E-state index >= 15 is 0 Å². The summed E-state index contributed by atoms with van der Waals surface area (Å²) >= 11 is 0. The molecule has 0 fully saturated rings. The van der Waals surface area contributed by atoms with Crippen LogP contribution in [0.2, 0.25) is 0 Å². The predicted molar refractivity (Wildman–Crippen MR) is 42.0 cm³/mol. The first kappa shape index (κ1) is 8.23. The van der Waals surface area contributed by atoms with Gasteiger partial charge in [0, 0.05) is 5.69 Å². The number of hydrogen-bond acceptors (Lipinski definition) is 3. The molecule has 1 aromatic heterocycles.